The van der Waals surface area contributed by atoms with Gasteiger partial charge in [-0.05, 0) is 95.5 Å². The lowest BCUT2D eigenvalue weighted by molar-refractivity contribution is -0.170. The first-order valence-corrected chi connectivity index (χ1v) is 15.4. The number of hydrogen-bond acceptors (Lipinski definition) is 9. The smallest absolute Gasteiger partial charge is 0.444 e. The molecule has 0 radical (unpaired) electrons. The van der Waals surface area contributed by atoms with E-state index in [0.717, 1.165) is 18.4 Å². The van der Waals surface area contributed by atoms with Gasteiger partial charge in [0.1, 0.15) is 17.0 Å². The number of carbonyl (C=O) groups is 5. The first-order valence-electron chi connectivity index (χ1n) is 15.4. The van der Waals surface area contributed by atoms with Crippen molar-refractivity contribution in [2.45, 2.75) is 110 Å². The summed E-state index contributed by atoms with van der Waals surface area (Å²) in [6.07, 6.45) is 5.77. The molecule has 0 heterocycles. The lowest BCUT2D eigenvalue weighted by Gasteiger charge is -2.57. The van der Waals surface area contributed by atoms with E-state index in [2.05, 4.69) is 12.2 Å². The molecule has 0 aromatic carbocycles. The minimum absolute atomic E-state index is 0.0121. The Morgan fingerprint density at radius 1 is 1.02 bits per heavy atom. The summed E-state index contributed by atoms with van der Waals surface area (Å²) in [5.74, 6) is -0.604. The van der Waals surface area contributed by atoms with Crippen LogP contribution in [0.2, 0.25) is 0 Å². The number of alkyl carbamates (subject to hydrolysis) is 1. The van der Waals surface area contributed by atoms with E-state index in [0.29, 0.717) is 45.1 Å². The number of unbranched alkanes of at least 4 members (excludes halogenated alkanes) is 2. The molecule has 42 heavy (non-hydrogen) atoms. The number of allylic oxidation sites excluding steroid dienone is 1. The Morgan fingerprint density at radius 3 is 2.48 bits per heavy atom. The predicted octanol–water partition coefficient (Wildman–Crippen LogP) is 4.85. The molecule has 234 valence electrons. The molecule has 0 aliphatic heterocycles. The molecule has 4 rings (SSSR count). The maximum atomic E-state index is 13.7. The highest BCUT2D eigenvalue weighted by molar-refractivity contribution is 5.95. The van der Waals surface area contributed by atoms with Gasteiger partial charge in [-0.15, -0.1) is 0 Å². The number of ketones is 3. The Morgan fingerprint density at radius 2 is 1.76 bits per heavy atom. The molecule has 0 saturated heterocycles. The number of hydrogen-bond donors (Lipinski definition) is 2. The van der Waals surface area contributed by atoms with E-state index in [4.69, 9.17) is 14.2 Å². The molecule has 4 aliphatic rings. The van der Waals surface area contributed by atoms with E-state index in [9.17, 15) is 29.1 Å². The maximum Gasteiger partial charge on any atom is 0.508 e. The van der Waals surface area contributed by atoms with Crippen molar-refractivity contribution in [2.24, 2.45) is 28.6 Å². The topological polar surface area (TPSA) is 145 Å². The van der Waals surface area contributed by atoms with E-state index in [1.807, 2.05) is 6.92 Å². The molecular formula is C32H47NO9. The van der Waals surface area contributed by atoms with Crippen molar-refractivity contribution in [1.29, 1.82) is 0 Å². The number of rotatable bonds is 9. The van der Waals surface area contributed by atoms with Gasteiger partial charge in [0.2, 0.25) is 5.78 Å². The zero-order chi connectivity index (χ0) is 30.9. The molecule has 0 aromatic rings. The zero-order valence-electron chi connectivity index (χ0n) is 25.7. The van der Waals surface area contributed by atoms with Crippen LogP contribution >= 0.6 is 0 Å². The van der Waals surface area contributed by atoms with E-state index in [1.54, 1.807) is 26.8 Å². The van der Waals surface area contributed by atoms with Crippen molar-refractivity contribution in [3.63, 3.8) is 0 Å². The van der Waals surface area contributed by atoms with E-state index in [-0.39, 0.29) is 54.2 Å². The van der Waals surface area contributed by atoms with Crippen molar-refractivity contribution in [3.05, 3.63) is 11.6 Å². The third-order valence-electron chi connectivity index (χ3n) is 10.3. The lowest BCUT2D eigenvalue weighted by atomic mass is 9.46. The van der Waals surface area contributed by atoms with Gasteiger partial charge in [0.15, 0.2) is 12.4 Å². The molecule has 6 atom stereocenters. The van der Waals surface area contributed by atoms with Crippen LogP contribution in [0.15, 0.2) is 11.6 Å². The highest BCUT2D eigenvalue weighted by atomic mass is 16.7. The summed E-state index contributed by atoms with van der Waals surface area (Å²) in [5.41, 5.74) is -2.53. The number of amides is 1. The molecule has 10 heteroatoms. The highest BCUT2D eigenvalue weighted by Crippen LogP contribution is 2.66. The van der Waals surface area contributed by atoms with Crippen molar-refractivity contribution < 1.29 is 43.3 Å². The standard InChI is InChI=1S/C32H47NO9/c1-29(2,3)42-27(37)33-15-7-6-8-16-40-28(38)41-19-25(36)32(39)14-12-23-22-10-9-20-17-21(34)11-13-30(20,4)26(22)24(35)18-31(23,32)5/h17,22-23,26,39H,6-16,18-19H2,1-5H3,(H,33,37)/t22-,23-,26+,30-,31-,32-/m0/s1. The fourth-order valence-corrected chi connectivity index (χ4v) is 8.20. The molecule has 0 unspecified atom stereocenters. The quantitative estimate of drug-likeness (QED) is 0.285. The Bertz CT molecular complexity index is 1140. The minimum atomic E-state index is -1.76. The summed E-state index contributed by atoms with van der Waals surface area (Å²) in [6.45, 7) is 9.23. The number of nitrogens with one attached hydrogen (secondary N) is 1. The van der Waals surface area contributed by atoms with Crippen molar-refractivity contribution in [2.75, 3.05) is 19.8 Å². The summed E-state index contributed by atoms with van der Waals surface area (Å²) >= 11 is 0. The molecule has 1 amide bonds. The van der Waals surface area contributed by atoms with E-state index in [1.165, 1.54) is 0 Å². The molecule has 0 aromatic heterocycles. The maximum absolute atomic E-state index is 13.7. The average molecular weight is 590 g/mol. The summed E-state index contributed by atoms with van der Waals surface area (Å²) < 4.78 is 15.3. The van der Waals surface area contributed by atoms with Gasteiger partial charge in [0.25, 0.3) is 0 Å². The molecule has 2 N–H and O–H groups in total. The second kappa shape index (κ2) is 12.1. The van der Waals surface area contributed by atoms with Crippen molar-refractivity contribution in [3.8, 4) is 0 Å². The Labute approximate surface area is 248 Å². The number of ether oxygens (including phenoxy) is 3. The number of aliphatic hydroxyl groups is 1. The van der Waals surface area contributed by atoms with Gasteiger partial charge in [-0.1, -0.05) is 19.4 Å². The normalized spacial score (nSPS) is 34.0. The number of carbonyl (C=O) groups excluding carboxylic acids is 5. The van der Waals surface area contributed by atoms with Crippen LogP contribution in [0.25, 0.3) is 0 Å². The summed E-state index contributed by atoms with van der Waals surface area (Å²) in [7, 11) is 0. The first kappa shape index (κ1) is 32.2. The Kier molecular flexibility index (Phi) is 9.26. The van der Waals surface area contributed by atoms with Gasteiger partial charge >= 0.3 is 12.2 Å². The van der Waals surface area contributed by atoms with E-state index < -0.39 is 41.3 Å². The van der Waals surface area contributed by atoms with Crippen LogP contribution in [0.4, 0.5) is 9.59 Å². The van der Waals surface area contributed by atoms with Crippen molar-refractivity contribution >= 4 is 29.6 Å². The van der Waals surface area contributed by atoms with Gasteiger partial charge in [-0.2, -0.15) is 0 Å². The van der Waals surface area contributed by atoms with Crippen LogP contribution in [0.1, 0.15) is 98.8 Å². The minimum Gasteiger partial charge on any atom is -0.444 e. The first-order chi connectivity index (χ1) is 19.6. The fraction of sp³-hybridized carbons (Fsp3) is 0.781. The zero-order valence-corrected chi connectivity index (χ0v) is 25.7. The van der Waals surface area contributed by atoms with Gasteiger partial charge < -0.3 is 24.6 Å². The molecule has 0 bridgehead atoms. The second-order valence-corrected chi connectivity index (χ2v) is 14.1. The fourth-order valence-electron chi connectivity index (χ4n) is 8.20. The molecule has 0 spiro atoms. The highest BCUT2D eigenvalue weighted by Gasteiger charge is 2.68. The summed E-state index contributed by atoms with van der Waals surface area (Å²) in [4.78, 5) is 62.9. The van der Waals surface area contributed by atoms with Gasteiger partial charge in [0.05, 0.1) is 6.61 Å². The molecule has 4 aliphatic carbocycles. The number of fused-ring (bicyclic) bond motifs is 5. The second-order valence-electron chi connectivity index (χ2n) is 14.1. The third-order valence-corrected chi connectivity index (χ3v) is 10.3. The Balaban J connectivity index is 1.24. The predicted molar refractivity (Wildman–Crippen MR) is 152 cm³/mol. The largest absolute Gasteiger partial charge is 0.508 e. The van der Waals surface area contributed by atoms with Crippen molar-refractivity contribution in [1.82, 2.24) is 5.32 Å². The summed E-state index contributed by atoms with van der Waals surface area (Å²) in [5, 5.41) is 14.4. The molecule has 3 fully saturated rings. The van der Waals surface area contributed by atoms with Crippen LogP contribution in [-0.4, -0.2) is 65.7 Å². The van der Waals surface area contributed by atoms with Gasteiger partial charge in [-0.25, -0.2) is 9.59 Å². The number of Topliss-reactive ketones (excluding diaryl/α,β-unsaturated/α-hetero) is 2. The van der Waals surface area contributed by atoms with Gasteiger partial charge in [0, 0.05) is 30.7 Å². The lowest BCUT2D eigenvalue weighted by Crippen LogP contribution is -2.61. The van der Waals surface area contributed by atoms with Crippen LogP contribution in [0.5, 0.6) is 0 Å². The monoisotopic (exact) mass is 589 g/mol. The van der Waals surface area contributed by atoms with Gasteiger partial charge in [-0.3, -0.25) is 14.4 Å². The van der Waals surface area contributed by atoms with E-state index >= 15 is 0 Å². The third kappa shape index (κ3) is 6.29. The van der Waals surface area contributed by atoms with Crippen LogP contribution in [0, 0.1) is 28.6 Å². The SMILES string of the molecule is CC(C)(C)OC(=O)NCCCCCOC(=O)OCC(=O)[C@@]1(O)CC[C@H]2[C@@H]3CCC4=CC(=O)CC[C@]4(C)[C@H]3C(=O)C[C@@]21C. The van der Waals surface area contributed by atoms with Crippen LogP contribution in [-0.2, 0) is 28.6 Å². The van der Waals surface area contributed by atoms with Crippen LogP contribution in [0.3, 0.4) is 0 Å². The van der Waals surface area contributed by atoms with Crippen LogP contribution < -0.4 is 5.32 Å². The Hall–Kier alpha value is -2.75. The molecular weight excluding hydrogens is 542 g/mol. The molecule has 3 saturated carbocycles. The average Bonchev–Trinajstić information content (AvgIpc) is 3.16. The summed E-state index contributed by atoms with van der Waals surface area (Å²) in [6, 6.07) is 0. The molecule has 10 nitrogen and oxygen atoms in total.